The Labute approximate surface area is 49.8 Å². The Hall–Kier alpha value is -0.790. The molecule has 0 aromatic heterocycles. The van der Waals surface area contributed by atoms with Crippen LogP contribution in [-0.4, -0.2) is 12.3 Å². The smallest absolute Gasteiger partial charge is 0.142 e. The lowest BCUT2D eigenvalue weighted by Gasteiger charge is -1.99. The first-order valence-electron chi connectivity index (χ1n) is 2.40. The maximum atomic E-state index is 4.73. The molecule has 0 saturated carbocycles. The fourth-order valence-corrected chi connectivity index (χ4v) is 0.182. The van der Waals surface area contributed by atoms with Crippen LogP contribution in [0.15, 0.2) is 17.8 Å². The van der Waals surface area contributed by atoms with Crippen molar-refractivity contribution in [1.82, 2.24) is 0 Å². The molecule has 1 unspecified atom stereocenters. The van der Waals surface area contributed by atoms with E-state index in [0.29, 0.717) is 0 Å². The van der Waals surface area contributed by atoms with Gasteiger partial charge in [-0.25, -0.2) is 0 Å². The molecule has 0 spiro atoms. The van der Waals surface area contributed by atoms with E-state index in [1.807, 2.05) is 6.92 Å². The van der Waals surface area contributed by atoms with E-state index in [9.17, 15) is 0 Å². The first kappa shape index (κ1) is 7.21. The summed E-state index contributed by atoms with van der Waals surface area (Å²) in [6.45, 7) is 8.68. The van der Waals surface area contributed by atoms with Crippen molar-refractivity contribution in [2.24, 2.45) is 5.16 Å². The Morgan fingerprint density at radius 3 is 2.75 bits per heavy atom. The summed E-state index contributed by atoms with van der Waals surface area (Å²) >= 11 is 0. The van der Waals surface area contributed by atoms with Crippen LogP contribution in [0.1, 0.15) is 6.92 Å². The summed E-state index contributed by atoms with van der Waals surface area (Å²) < 4.78 is 0. The van der Waals surface area contributed by atoms with Crippen LogP contribution in [0, 0.1) is 6.92 Å². The topological polar surface area (TPSA) is 21.6 Å². The maximum absolute atomic E-state index is 4.73. The standard InChI is InChI=1S/C6H10NO/c1-4-6(3)8-7-5-2/h4-6H,1-2H2,3H3. The van der Waals surface area contributed by atoms with Gasteiger partial charge in [0.05, 0.1) is 0 Å². The summed E-state index contributed by atoms with van der Waals surface area (Å²) in [6.07, 6.45) is 2.99. The van der Waals surface area contributed by atoms with E-state index in [0.717, 1.165) is 0 Å². The Balaban J connectivity index is 3.23. The molecule has 0 fully saturated rings. The molecule has 2 nitrogen and oxygen atoms in total. The van der Waals surface area contributed by atoms with E-state index < -0.39 is 0 Å². The number of hydrogen-bond donors (Lipinski definition) is 0. The number of rotatable bonds is 3. The van der Waals surface area contributed by atoms with Crippen LogP contribution in [0.4, 0.5) is 0 Å². The zero-order chi connectivity index (χ0) is 6.41. The van der Waals surface area contributed by atoms with Gasteiger partial charge in [0.1, 0.15) is 6.10 Å². The van der Waals surface area contributed by atoms with Crippen LogP contribution in [0.25, 0.3) is 0 Å². The monoisotopic (exact) mass is 112 g/mol. The van der Waals surface area contributed by atoms with Crippen LogP contribution in [-0.2, 0) is 4.84 Å². The quantitative estimate of drug-likeness (QED) is 0.307. The minimum atomic E-state index is -0.0204. The van der Waals surface area contributed by atoms with Crippen molar-refractivity contribution in [2.45, 2.75) is 13.0 Å². The molecule has 0 amide bonds. The average molecular weight is 112 g/mol. The molecule has 0 aliphatic rings. The summed E-state index contributed by atoms with van der Waals surface area (Å²) in [5.41, 5.74) is 0. The van der Waals surface area contributed by atoms with Crippen molar-refractivity contribution in [3.8, 4) is 0 Å². The molecule has 0 aromatic carbocycles. The van der Waals surface area contributed by atoms with Crippen molar-refractivity contribution in [2.75, 3.05) is 0 Å². The fourth-order valence-electron chi connectivity index (χ4n) is 0.182. The van der Waals surface area contributed by atoms with E-state index in [4.69, 9.17) is 4.84 Å². The zero-order valence-corrected chi connectivity index (χ0v) is 5.00. The molecule has 1 radical (unpaired) electrons. The fraction of sp³-hybridized carbons (Fsp3) is 0.333. The molecule has 0 aromatic rings. The lowest BCUT2D eigenvalue weighted by molar-refractivity contribution is 0.107. The summed E-state index contributed by atoms with van der Waals surface area (Å²) in [5.74, 6) is 0. The molecule has 1 atom stereocenters. The predicted molar refractivity (Wildman–Crippen MR) is 34.6 cm³/mol. The van der Waals surface area contributed by atoms with Gasteiger partial charge < -0.3 is 4.84 Å². The molecular formula is C6H10NO. The minimum absolute atomic E-state index is 0.0204. The van der Waals surface area contributed by atoms with Gasteiger partial charge in [-0.2, -0.15) is 0 Å². The summed E-state index contributed by atoms with van der Waals surface area (Å²) in [4.78, 5) is 4.73. The second-order valence-electron chi connectivity index (χ2n) is 1.33. The molecule has 0 heterocycles. The van der Waals surface area contributed by atoms with Crippen LogP contribution >= 0.6 is 0 Å². The number of nitrogens with zero attached hydrogens (tertiary/aromatic N) is 1. The van der Waals surface area contributed by atoms with Gasteiger partial charge in [0, 0.05) is 6.21 Å². The van der Waals surface area contributed by atoms with E-state index in [2.05, 4.69) is 18.7 Å². The minimum Gasteiger partial charge on any atom is -0.389 e. The highest BCUT2D eigenvalue weighted by Gasteiger charge is 1.88. The van der Waals surface area contributed by atoms with Gasteiger partial charge in [-0.05, 0) is 19.9 Å². The van der Waals surface area contributed by atoms with Gasteiger partial charge in [0.25, 0.3) is 0 Å². The van der Waals surface area contributed by atoms with Crippen molar-refractivity contribution in [1.29, 1.82) is 0 Å². The van der Waals surface area contributed by atoms with Crippen molar-refractivity contribution >= 4 is 6.21 Å². The van der Waals surface area contributed by atoms with Gasteiger partial charge in [0.2, 0.25) is 0 Å². The third-order valence-electron chi connectivity index (χ3n) is 0.634. The molecular weight excluding hydrogens is 102 g/mol. The average Bonchev–Trinajstić information content (AvgIpc) is 1.83. The molecule has 2 heteroatoms. The summed E-state index contributed by atoms with van der Waals surface area (Å²) in [6, 6.07) is 0. The molecule has 0 bridgehead atoms. The second kappa shape index (κ2) is 4.37. The van der Waals surface area contributed by atoms with Crippen LogP contribution in [0.2, 0.25) is 0 Å². The van der Waals surface area contributed by atoms with E-state index >= 15 is 0 Å². The summed E-state index contributed by atoms with van der Waals surface area (Å²) in [7, 11) is 0. The first-order valence-corrected chi connectivity index (χ1v) is 2.40. The highest BCUT2D eigenvalue weighted by molar-refractivity contribution is 5.60. The molecule has 8 heavy (non-hydrogen) atoms. The Morgan fingerprint density at radius 2 is 2.38 bits per heavy atom. The Morgan fingerprint density at radius 1 is 1.75 bits per heavy atom. The van der Waals surface area contributed by atoms with Gasteiger partial charge in [0.15, 0.2) is 0 Å². The van der Waals surface area contributed by atoms with Crippen LogP contribution < -0.4 is 0 Å². The van der Waals surface area contributed by atoms with E-state index in [-0.39, 0.29) is 6.10 Å². The molecule has 0 aliphatic carbocycles. The van der Waals surface area contributed by atoms with Gasteiger partial charge in [-0.15, -0.1) is 0 Å². The highest BCUT2D eigenvalue weighted by atomic mass is 16.6. The van der Waals surface area contributed by atoms with Crippen LogP contribution in [0.3, 0.4) is 0 Å². The Kier molecular flexibility index (Phi) is 3.94. The molecule has 0 saturated heterocycles. The molecule has 45 valence electrons. The second-order valence-corrected chi connectivity index (χ2v) is 1.33. The van der Waals surface area contributed by atoms with Crippen LogP contribution in [0.5, 0.6) is 0 Å². The zero-order valence-electron chi connectivity index (χ0n) is 5.00. The SMILES string of the molecule is [CH2]C=NOC(C)C=C. The van der Waals surface area contributed by atoms with Gasteiger partial charge >= 0.3 is 0 Å². The highest BCUT2D eigenvalue weighted by Crippen LogP contribution is 1.88. The molecule has 0 N–H and O–H groups in total. The van der Waals surface area contributed by atoms with Gasteiger partial charge in [-0.3, -0.25) is 0 Å². The number of oxime groups is 1. The predicted octanol–water partition coefficient (Wildman–Crippen LogP) is 1.40. The lowest BCUT2D eigenvalue weighted by Crippen LogP contribution is -1.97. The number of hydrogen-bond acceptors (Lipinski definition) is 2. The third-order valence-corrected chi connectivity index (χ3v) is 0.634. The largest absolute Gasteiger partial charge is 0.389 e. The van der Waals surface area contributed by atoms with E-state index in [1.165, 1.54) is 6.21 Å². The van der Waals surface area contributed by atoms with Crippen molar-refractivity contribution < 1.29 is 4.84 Å². The third kappa shape index (κ3) is 3.40. The van der Waals surface area contributed by atoms with Crippen molar-refractivity contribution in [3.05, 3.63) is 19.6 Å². The van der Waals surface area contributed by atoms with Crippen molar-refractivity contribution in [3.63, 3.8) is 0 Å². The normalized spacial score (nSPS) is 13.8. The Bertz CT molecular complexity index is 88.5. The van der Waals surface area contributed by atoms with E-state index in [1.54, 1.807) is 6.08 Å². The summed E-state index contributed by atoms with van der Waals surface area (Å²) in [5, 5.41) is 3.44. The first-order chi connectivity index (χ1) is 3.81. The maximum Gasteiger partial charge on any atom is 0.142 e. The van der Waals surface area contributed by atoms with Gasteiger partial charge in [-0.1, -0.05) is 11.7 Å². The lowest BCUT2D eigenvalue weighted by atomic mass is 10.4. The molecule has 0 rings (SSSR count). The molecule has 0 aliphatic heterocycles.